The van der Waals surface area contributed by atoms with Crippen LogP contribution in [-0.4, -0.2) is 25.2 Å². The fourth-order valence-electron chi connectivity index (χ4n) is 2.88. The molecule has 1 aromatic heterocycles. The Labute approximate surface area is 150 Å². The lowest BCUT2D eigenvalue weighted by molar-refractivity contribution is 0.0525. The van der Waals surface area contributed by atoms with Crippen LogP contribution in [0.5, 0.6) is 0 Å². The maximum atomic E-state index is 12.7. The Kier molecular flexibility index (Phi) is 5.14. The quantitative estimate of drug-likeness (QED) is 0.613. The molecule has 4 nitrogen and oxygen atoms in total. The van der Waals surface area contributed by atoms with Crippen LogP contribution < -0.4 is 0 Å². The highest BCUT2D eigenvalue weighted by molar-refractivity contribution is 7.13. The van der Waals surface area contributed by atoms with E-state index in [0.717, 1.165) is 4.88 Å². The molecule has 0 N–H and O–H groups in total. The number of carbonyl (C=O) groups is 2. The number of thiophene rings is 1. The first-order valence-corrected chi connectivity index (χ1v) is 8.99. The van der Waals surface area contributed by atoms with Gasteiger partial charge in [-0.2, -0.15) is 0 Å². The molecule has 0 unspecified atom stereocenters. The van der Waals surface area contributed by atoms with E-state index in [2.05, 4.69) is 0 Å². The number of esters is 2. The van der Waals surface area contributed by atoms with E-state index in [-0.39, 0.29) is 13.2 Å². The summed E-state index contributed by atoms with van der Waals surface area (Å²) in [6.45, 7) is 4.06. The van der Waals surface area contributed by atoms with Gasteiger partial charge in [-0.05, 0) is 36.4 Å². The molecule has 0 fully saturated rings. The predicted molar refractivity (Wildman–Crippen MR) is 98.3 cm³/mol. The summed E-state index contributed by atoms with van der Waals surface area (Å²) in [5.74, 6) is -0.865. The Morgan fingerprint density at radius 2 is 1.40 bits per heavy atom. The second-order valence-electron chi connectivity index (χ2n) is 5.28. The Bertz CT molecular complexity index is 815. The number of fused-ring (bicyclic) bond motifs is 1. The van der Waals surface area contributed by atoms with E-state index >= 15 is 0 Å². The summed E-state index contributed by atoms with van der Waals surface area (Å²) in [5.41, 5.74) is 2.80. The van der Waals surface area contributed by atoms with Crippen molar-refractivity contribution in [1.82, 2.24) is 0 Å². The average Bonchev–Trinajstić information content (AvgIpc) is 3.15. The van der Waals surface area contributed by atoms with Gasteiger partial charge in [-0.15, -0.1) is 11.3 Å². The molecule has 2 aliphatic rings. The van der Waals surface area contributed by atoms with Crippen molar-refractivity contribution in [2.45, 2.75) is 13.8 Å². The SMILES string of the molecule is CCOC(=O)c1c2cccccc-2c(C(=O)OCC)c1-c1cccs1. The number of hydrogen-bond acceptors (Lipinski definition) is 5. The van der Waals surface area contributed by atoms with Gasteiger partial charge in [0.05, 0.1) is 24.3 Å². The summed E-state index contributed by atoms with van der Waals surface area (Å²) in [7, 11) is 0. The molecule has 2 aliphatic carbocycles. The first kappa shape index (κ1) is 17.2. The number of carbonyl (C=O) groups excluding carboxylic acids is 2. The zero-order valence-corrected chi connectivity index (χ0v) is 14.9. The van der Waals surface area contributed by atoms with Crippen LogP contribution in [0.15, 0.2) is 47.8 Å². The average molecular weight is 354 g/mol. The van der Waals surface area contributed by atoms with E-state index in [0.29, 0.717) is 27.8 Å². The van der Waals surface area contributed by atoms with Crippen LogP contribution in [0.4, 0.5) is 0 Å². The molecule has 3 rings (SSSR count). The van der Waals surface area contributed by atoms with Gasteiger partial charge < -0.3 is 9.47 Å². The van der Waals surface area contributed by atoms with Crippen LogP contribution in [0.2, 0.25) is 0 Å². The molecule has 0 atom stereocenters. The molecule has 0 amide bonds. The summed E-state index contributed by atoms with van der Waals surface area (Å²) in [6, 6.07) is 13.0. The topological polar surface area (TPSA) is 52.6 Å². The van der Waals surface area contributed by atoms with E-state index in [4.69, 9.17) is 9.47 Å². The standard InChI is InChI=1S/C20H18O4S/c1-3-23-19(21)16-13-9-6-5-7-10-14(13)17(20(22)24-4-2)18(16)15-11-8-12-25-15/h5-12H,3-4H2,1-2H3. The highest BCUT2D eigenvalue weighted by Crippen LogP contribution is 2.44. The Morgan fingerprint density at radius 3 is 1.84 bits per heavy atom. The van der Waals surface area contributed by atoms with E-state index in [1.165, 1.54) is 11.3 Å². The molecule has 1 aromatic rings. The molecule has 0 aromatic carbocycles. The van der Waals surface area contributed by atoms with Gasteiger partial charge in [-0.1, -0.05) is 36.4 Å². The third-order valence-corrected chi connectivity index (χ3v) is 4.69. The lowest BCUT2D eigenvalue weighted by atomic mass is 10.1. The maximum absolute atomic E-state index is 12.7. The highest BCUT2D eigenvalue weighted by atomic mass is 32.1. The molecule has 0 saturated heterocycles. The zero-order chi connectivity index (χ0) is 17.8. The Hall–Kier alpha value is -2.66. The van der Waals surface area contributed by atoms with E-state index in [1.54, 1.807) is 13.8 Å². The molecule has 0 spiro atoms. The van der Waals surface area contributed by atoms with Crippen LogP contribution in [0.3, 0.4) is 0 Å². The molecule has 128 valence electrons. The number of ether oxygens (including phenoxy) is 2. The molecule has 5 heteroatoms. The molecule has 1 heterocycles. The zero-order valence-electron chi connectivity index (χ0n) is 14.1. The number of rotatable bonds is 5. The Morgan fingerprint density at radius 1 is 0.840 bits per heavy atom. The molecule has 0 aliphatic heterocycles. The lowest BCUT2D eigenvalue weighted by Gasteiger charge is -2.06. The summed E-state index contributed by atoms with van der Waals surface area (Å²) in [5, 5.41) is 1.91. The van der Waals surface area contributed by atoms with Crippen LogP contribution in [-0.2, 0) is 9.47 Å². The second kappa shape index (κ2) is 7.49. The molecule has 0 saturated carbocycles. The minimum Gasteiger partial charge on any atom is -0.462 e. The summed E-state index contributed by atoms with van der Waals surface area (Å²) < 4.78 is 10.5. The van der Waals surface area contributed by atoms with Crippen LogP contribution in [0.1, 0.15) is 34.6 Å². The van der Waals surface area contributed by atoms with E-state index < -0.39 is 11.9 Å². The first-order chi connectivity index (χ1) is 12.2. The summed E-state index contributed by atoms with van der Waals surface area (Å²) in [4.78, 5) is 26.2. The van der Waals surface area contributed by atoms with Crippen molar-refractivity contribution in [2.75, 3.05) is 13.2 Å². The van der Waals surface area contributed by atoms with Crippen LogP contribution in [0.25, 0.3) is 21.6 Å². The fraction of sp³-hybridized carbons (Fsp3) is 0.200. The maximum Gasteiger partial charge on any atom is 0.339 e. The largest absolute Gasteiger partial charge is 0.462 e. The van der Waals surface area contributed by atoms with Gasteiger partial charge in [-0.3, -0.25) is 0 Å². The summed E-state index contributed by atoms with van der Waals surface area (Å²) >= 11 is 1.47. The van der Waals surface area contributed by atoms with Gasteiger partial charge in [0.1, 0.15) is 0 Å². The highest BCUT2D eigenvalue weighted by Gasteiger charge is 2.32. The minimum atomic E-state index is -0.433. The molecule has 25 heavy (non-hydrogen) atoms. The normalized spacial score (nSPS) is 10.6. The van der Waals surface area contributed by atoms with Crippen molar-refractivity contribution in [1.29, 1.82) is 0 Å². The third kappa shape index (κ3) is 3.15. The van der Waals surface area contributed by atoms with Gasteiger partial charge in [0.2, 0.25) is 0 Å². The Balaban J connectivity index is 2.38. The van der Waals surface area contributed by atoms with Crippen molar-refractivity contribution in [3.63, 3.8) is 0 Å². The molecular formula is C20H18O4S. The van der Waals surface area contributed by atoms with E-state index in [1.807, 2.05) is 47.8 Å². The number of hydrogen-bond donors (Lipinski definition) is 0. The van der Waals surface area contributed by atoms with Crippen molar-refractivity contribution in [3.05, 3.63) is 59.0 Å². The van der Waals surface area contributed by atoms with Crippen molar-refractivity contribution in [3.8, 4) is 21.6 Å². The fourth-order valence-corrected chi connectivity index (χ4v) is 3.66. The van der Waals surface area contributed by atoms with Gasteiger partial charge in [0.15, 0.2) is 0 Å². The van der Waals surface area contributed by atoms with Crippen LogP contribution >= 0.6 is 11.3 Å². The van der Waals surface area contributed by atoms with E-state index in [9.17, 15) is 9.59 Å². The monoisotopic (exact) mass is 354 g/mol. The van der Waals surface area contributed by atoms with Crippen LogP contribution in [0, 0.1) is 0 Å². The third-order valence-electron chi connectivity index (χ3n) is 3.80. The van der Waals surface area contributed by atoms with Crippen molar-refractivity contribution >= 4 is 23.3 Å². The van der Waals surface area contributed by atoms with Gasteiger partial charge >= 0.3 is 11.9 Å². The second-order valence-corrected chi connectivity index (χ2v) is 6.23. The summed E-state index contributed by atoms with van der Waals surface area (Å²) in [6.07, 6.45) is 0. The molecule has 0 bridgehead atoms. The van der Waals surface area contributed by atoms with Gasteiger partial charge in [-0.25, -0.2) is 9.59 Å². The van der Waals surface area contributed by atoms with Crippen molar-refractivity contribution in [2.24, 2.45) is 0 Å². The van der Waals surface area contributed by atoms with Crippen molar-refractivity contribution < 1.29 is 19.1 Å². The van der Waals surface area contributed by atoms with Gasteiger partial charge in [0.25, 0.3) is 0 Å². The lowest BCUT2D eigenvalue weighted by Crippen LogP contribution is -2.08. The molecular weight excluding hydrogens is 336 g/mol. The molecule has 0 radical (unpaired) electrons. The van der Waals surface area contributed by atoms with Gasteiger partial charge in [0, 0.05) is 10.4 Å². The smallest absolute Gasteiger partial charge is 0.339 e. The predicted octanol–water partition coefficient (Wildman–Crippen LogP) is 4.87. The first-order valence-electron chi connectivity index (χ1n) is 8.11. The minimum absolute atomic E-state index is 0.267.